The average molecular weight is 479 g/mol. The van der Waals surface area contributed by atoms with Crippen LogP contribution in [0.25, 0.3) is 0 Å². The van der Waals surface area contributed by atoms with Gasteiger partial charge in [-0.05, 0) is 61.2 Å². The van der Waals surface area contributed by atoms with E-state index in [0.29, 0.717) is 44.0 Å². The molecule has 2 aromatic rings. The van der Waals surface area contributed by atoms with E-state index in [2.05, 4.69) is 4.90 Å². The zero-order chi connectivity index (χ0) is 22.8. The van der Waals surface area contributed by atoms with Crippen LogP contribution in [0.3, 0.4) is 0 Å². The van der Waals surface area contributed by atoms with Gasteiger partial charge in [-0.15, -0.1) is 0 Å². The molecule has 0 radical (unpaired) electrons. The molecule has 1 aliphatic carbocycles. The first-order valence-electron chi connectivity index (χ1n) is 11.1. The first-order valence-corrected chi connectivity index (χ1v) is 12.9. The van der Waals surface area contributed by atoms with Gasteiger partial charge in [0.25, 0.3) is 0 Å². The average Bonchev–Trinajstić information content (AvgIpc) is 3.18. The van der Waals surface area contributed by atoms with E-state index >= 15 is 0 Å². The van der Waals surface area contributed by atoms with Crippen LogP contribution in [0.5, 0.6) is 0 Å². The minimum atomic E-state index is -3.84. The van der Waals surface area contributed by atoms with Crippen molar-refractivity contribution in [2.45, 2.75) is 48.3 Å². The lowest BCUT2D eigenvalue weighted by atomic mass is 10.1. The van der Waals surface area contributed by atoms with E-state index in [-0.39, 0.29) is 16.6 Å². The molecule has 0 spiro atoms. The summed E-state index contributed by atoms with van der Waals surface area (Å²) >= 11 is 5.94. The number of rotatable bonds is 5. The fraction of sp³-hybridized carbons (Fsp3) is 0.458. The molecule has 1 amide bonds. The summed E-state index contributed by atoms with van der Waals surface area (Å²) in [6.45, 7) is 3.16. The second-order valence-electron chi connectivity index (χ2n) is 8.71. The van der Waals surface area contributed by atoms with Gasteiger partial charge >= 0.3 is 0 Å². The lowest BCUT2D eigenvalue weighted by Gasteiger charge is -2.33. The molecule has 1 heterocycles. The van der Waals surface area contributed by atoms with Crippen molar-refractivity contribution in [2.75, 3.05) is 26.2 Å². The van der Waals surface area contributed by atoms with Crippen LogP contribution in [0.4, 0.5) is 4.39 Å². The molecular formula is C24H28ClFN2O3S. The molecule has 1 saturated carbocycles. The lowest BCUT2D eigenvalue weighted by Crippen LogP contribution is -2.53. The van der Waals surface area contributed by atoms with Gasteiger partial charge in [0, 0.05) is 37.7 Å². The Morgan fingerprint density at radius 2 is 1.56 bits per heavy atom. The molecule has 0 N–H and O–H groups in total. The van der Waals surface area contributed by atoms with Crippen molar-refractivity contribution in [1.29, 1.82) is 0 Å². The van der Waals surface area contributed by atoms with Crippen molar-refractivity contribution in [1.82, 2.24) is 9.80 Å². The number of sulfone groups is 1. The highest BCUT2D eigenvalue weighted by molar-refractivity contribution is 7.93. The predicted octanol–water partition coefficient (Wildman–Crippen LogP) is 4.30. The second kappa shape index (κ2) is 9.49. The summed E-state index contributed by atoms with van der Waals surface area (Å²) in [7, 11) is -3.84. The van der Waals surface area contributed by atoms with Crippen LogP contribution >= 0.6 is 11.6 Å². The van der Waals surface area contributed by atoms with Crippen molar-refractivity contribution in [2.24, 2.45) is 0 Å². The second-order valence-corrected chi connectivity index (χ2v) is 11.4. The van der Waals surface area contributed by atoms with E-state index in [9.17, 15) is 17.6 Å². The number of carbonyl (C=O) groups is 1. The Balaban J connectivity index is 1.51. The van der Waals surface area contributed by atoms with Crippen molar-refractivity contribution < 1.29 is 17.6 Å². The summed E-state index contributed by atoms with van der Waals surface area (Å²) in [6, 6.07) is 12.6. The van der Waals surface area contributed by atoms with Crippen LogP contribution in [-0.4, -0.2) is 55.1 Å². The Bertz CT molecular complexity index is 1050. The third-order valence-corrected chi connectivity index (χ3v) is 9.39. The Labute approximate surface area is 194 Å². The number of carbonyl (C=O) groups excluding carboxylic acids is 1. The number of hydrogen-bond acceptors (Lipinski definition) is 4. The third-order valence-electron chi connectivity index (χ3n) is 6.63. The normalized spacial score (nSPS) is 19.6. The third kappa shape index (κ3) is 4.56. The molecule has 0 atom stereocenters. The molecule has 32 heavy (non-hydrogen) atoms. The molecule has 2 aliphatic rings. The molecule has 0 unspecified atom stereocenters. The summed E-state index contributed by atoms with van der Waals surface area (Å²) in [6.07, 6.45) is 2.93. The fourth-order valence-corrected chi connectivity index (χ4v) is 7.11. The standard InChI is InChI=1S/C24H28ClFN2O3S/c25-20-6-10-22(11-7-20)32(30,31)24(12-1-2-13-24)23(29)28-15-3-14-27(16-17-28)18-19-4-8-21(26)9-5-19/h4-11H,1-3,12-18H2. The van der Waals surface area contributed by atoms with E-state index in [1.54, 1.807) is 29.2 Å². The van der Waals surface area contributed by atoms with Crippen molar-refractivity contribution in [3.63, 3.8) is 0 Å². The van der Waals surface area contributed by atoms with Gasteiger partial charge in [-0.25, -0.2) is 12.8 Å². The molecule has 5 nitrogen and oxygen atoms in total. The van der Waals surface area contributed by atoms with Gasteiger partial charge in [0.2, 0.25) is 5.91 Å². The fourth-order valence-electron chi connectivity index (χ4n) is 4.85. The van der Waals surface area contributed by atoms with Crippen LogP contribution in [0, 0.1) is 5.82 Å². The van der Waals surface area contributed by atoms with Crippen LogP contribution in [0.15, 0.2) is 53.4 Å². The lowest BCUT2D eigenvalue weighted by molar-refractivity contribution is -0.133. The van der Waals surface area contributed by atoms with Gasteiger partial charge in [-0.3, -0.25) is 9.69 Å². The van der Waals surface area contributed by atoms with Crippen molar-refractivity contribution >= 4 is 27.3 Å². The summed E-state index contributed by atoms with van der Waals surface area (Å²) in [4.78, 5) is 17.9. The molecule has 2 aromatic carbocycles. The summed E-state index contributed by atoms with van der Waals surface area (Å²) in [5.74, 6) is -0.529. The first kappa shape index (κ1) is 23.2. The Morgan fingerprint density at radius 1 is 0.906 bits per heavy atom. The zero-order valence-corrected chi connectivity index (χ0v) is 19.5. The molecule has 0 bridgehead atoms. The van der Waals surface area contributed by atoms with Gasteiger partial charge in [0.1, 0.15) is 5.82 Å². The van der Waals surface area contributed by atoms with Gasteiger partial charge in [-0.2, -0.15) is 0 Å². The quantitative estimate of drug-likeness (QED) is 0.643. The number of amides is 1. The Hall–Kier alpha value is -1.96. The van der Waals surface area contributed by atoms with E-state index in [1.165, 1.54) is 24.3 Å². The van der Waals surface area contributed by atoms with Crippen molar-refractivity contribution in [3.05, 3.63) is 64.9 Å². The maximum atomic E-state index is 13.7. The van der Waals surface area contributed by atoms with E-state index in [0.717, 1.165) is 31.4 Å². The molecule has 172 valence electrons. The molecule has 2 fully saturated rings. The molecule has 0 aromatic heterocycles. The summed E-state index contributed by atoms with van der Waals surface area (Å²) in [5.41, 5.74) is 1.02. The molecule has 4 rings (SSSR count). The summed E-state index contributed by atoms with van der Waals surface area (Å²) in [5, 5.41) is 0.463. The zero-order valence-electron chi connectivity index (χ0n) is 18.0. The maximum absolute atomic E-state index is 13.7. The van der Waals surface area contributed by atoms with Crippen LogP contribution < -0.4 is 0 Å². The Kier molecular flexibility index (Phi) is 6.89. The molecular weight excluding hydrogens is 451 g/mol. The SMILES string of the molecule is O=C(N1CCCN(Cc2ccc(F)cc2)CC1)C1(S(=O)(=O)c2ccc(Cl)cc2)CCCC1. The molecule has 1 saturated heterocycles. The highest BCUT2D eigenvalue weighted by atomic mass is 35.5. The van der Waals surface area contributed by atoms with Gasteiger partial charge in [-0.1, -0.05) is 36.6 Å². The van der Waals surface area contributed by atoms with Crippen molar-refractivity contribution in [3.8, 4) is 0 Å². The monoisotopic (exact) mass is 478 g/mol. The maximum Gasteiger partial charge on any atom is 0.244 e. The van der Waals surface area contributed by atoms with Crippen LogP contribution in [0.1, 0.15) is 37.7 Å². The number of hydrogen-bond donors (Lipinski definition) is 0. The number of benzene rings is 2. The highest BCUT2D eigenvalue weighted by Gasteiger charge is 2.54. The van der Waals surface area contributed by atoms with E-state index in [4.69, 9.17) is 11.6 Å². The first-order chi connectivity index (χ1) is 15.3. The van der Waals surface area contributed by atoms with Gasteiger partial charge in [0.05, 0.1) is 4.90 Å². The number of halogens is 2. The van der Waals surface area contributed by atoms with E-state index in [1.807, 2.05) is 0 Å². The Morgan fingerprint density at radius 3 is 2.22 bits per heavy atom. The predicted molar refractivity (Wildman–Crippen MR) is 123 cm³/mol. The largest absolute Gasteiger partial charge is 0.340 e. The smallest absolute Gasteiger partial charge is 0.244 e. The van der Waals surface area contributed by atoms with Gasteiger partial charge in [0.15, 0.2) is 14.6 Å². The summed E-state index contributed by atoms with van der Waals surface area (Å²) < 4.78 is 39.1. The number of nitrogens with zero attached hydrogens (tertiary/aromatic N) is 2. The minimum absolute atomic E-state index is 0.157. The topological polar surface area (TPSA) is 57.7 Å². The highest BCUT2D eigenvalue weighted by Crippen LogP contribution is 2.42. The van der Waals surface area contributed by atoms with E-state index < -0.39 is 14.6 Å². The van der Waals surface area contributed by atoms with Crippen LogP contribution in [0.2, 0.25) is 5.02 Å². The molecule has 8 heteroatoms. The minimum Gasteiger partial charge on any atom is -0.340 e. The van der Waals surface area contributed by atoms with Crippen LogP contribution in [-0.2, 0) is 21.2 Å². The van der Waals surface area contributed by atoms with Gasteiger partial charge < -0.3 is 4.90 Å². The molecule has 1 aliphatic heterocycles.